The summed E-state index contributed by atoms with van der Waals surface area (Å²) in [5.74, 6) is -0.680. The van der Waals surface area contributed by atoms with E-state index < -0.39 is 18.0 Å². The van der Waals surface area contributed by atoms with Crippen LogP contribution in [0.3, 0.4) is 0 Å². The van der Waals surface area contributed by atoms with Gasteiger partial charge < -0.3 is 14.5 Å². The fourth-order valence-electron chi connectivity index (χ4n) is 3.13. The lowest BCUT2D eigenvalue weighted by molar-refractivity contribution is -0.140. The highest BCUT2D eigenvalue weighted by Crippen LogP contribution is 2.28. The molecule has 1 atom stereocenters. The molecule has 0 bridgehead atoms. The standard InChI is InChI=1S/C19H16N2O4/c1-24-16-8-4-7-14-13(16)9-15(21-14)18(22)25-19(23)17-12-6-3-2-5-11(12)10-20-17/h2-9,17,20-21H,10H2,1H3. The van der Waals surface area contributed by atoms with Crippen LogP contribution in [0.25, 0.3) is 10.9 Å². The number of fused-ring (bicyclic) bond motifs is 2. The summed E-state index contributed by atoms with van der Waals surface area (Å²) in [4.78, 5) is 27.7. The van der Waals surface area contributed by atoms with Crippen molar-refractivity contribution in [2.45, 2.75) is 12.6 Å². The highest BCUT2D eigenvalue weighted by Gasteiger charge is 2.31. The monoisotopic (exact) mass is 336 g/mol. The molecular weight excluding hydrogens is 320 g/mol. The summed E-state index contributed by atoms with van der Waals surface area (Å²) in [6.45, 7) is 0.577. The lowest BCUT2D eigenvalue weighted by Crippen LogP contribution is -2.26. The van der Waals surface area contributed by atoms with Crippen LogP contribution in [0.1, 0.15) is 27.7 Å². The molecule has 2 N–H and O–H groups in total. The summed E-state index contributed by atoms with van der Waals surface area (Å²) in [5, 5.41) is 3.82. The number of benzene rings is 2. The average Bonchev–Trinajstić information content (AvgIpc) is 3.25. The molecule has 2 aromatic carbocycles. The maximum Gasteiger partial charge on any atom is 0.362 e. The van der Waals surface area contributed by atoms with Crippen molar-refractivity contribution in [2.24, 2.45) is 0 Å². The van der Waals surface area contributed by atoms with Crippen molar-refractivity contribution < 1.29 is 19.1 Å². The number of aromatic nitrogens is 1. The van der Waals surface area contributed by atoms with E-state index >= 15 is 0 Å². The highest BCUT2D eigenvalue weighted by molar-refractivity contribution is 6.01. The zero-order valence-electron chi connectivity index (χ0n) is 13.5. The van der Waals surface area contributed by atoms with Crippen molar-refractivity contribution in [3.63, 3.8) is 0 Å². The van der Waals surface area contributed by atoms with Crippen molar-refractivity contribution in [2.75, 3.05) is 7.11 Å². The van der Waals surface area contributed by atoms with Crippen molar-refractivity contribution in [1.29, 1.82) is 0 Å². The Bertz CT molecular complexity index is 976. The molecule has 0 spiro atoms. The Morgan fingerprint density at radius 3 is 2.80 bits per heavy atom. The second kappa shape index (κ2) is 6.07. The van der Waals surface area contributed by atoms with Gasteiger partial charge >= 0.3 is 11.9 Å². The number of hydrogen-bond acceptors (Lipinski definition) is 5. The van der Waals surface area contributed by atoms with Gasteiger partial charge in [0.15, 0.2) is 0 Å². The first kappa shape index (κ1) is 15.4. The van der Waals surface area contributed by atoms with E-state index in [0.717, 1.165) is 22.0 Å². The van der Waals surface area contributed by atoms with Crippen molar-refractivity contribution in [3.05, 3.63) is 65.4 Å². The topological polar surface area (TPSA) is 80.4 Å². The molecular formula is C19H16N2O4. The summed E-state index contributed by atoms with van der Waals surface area (Å²) in [5.41, 5.74) is 2.83. The summed E-state index contributed by atoms with van der Waals surface area (Å²) >= 11 is 0. The van der Waals surface area contributed by atoms with Crippen molar-refractivity contribution in [3.8, 4) is 5.75 Å². The zero-order chi connectivity index (χ0) is 17.4. The first-order valence-corrected chi connectivity index (χ1v) is 7.90. The molecule has 25 heavy (non-hydrogen) atoms. The molecule has 1 aliphatic heterocycles. The number of nitrogens with one attached hydrogen (secondary N) is 2. The molecule has 0 fully saturated rings. The van der Waals surface area contributed by atoms with Gasteiger partial charge in [-0.1, -0.05) is 30.3 Å². The molecule has 0 saturated heterocycles. The van der Waals surface area contributed by atoms with E-state index in [0.29, 0.717) is 12.3 Å². The van der Waals surface area contributed by atoms with Gasteiger partial charge in [-0.05, 0) is 29.3 Å². The molecule has 2 heterocycles. The minimum Gasteiger partial charge on any atom is -0.496 e. The van der Waals surface area contributed by atoms with Crippen LogP contribution in [0.15, 0.2) is 48.5 Å². The van der Waals surface area contributed by atoms with Gasteiger partial charge in [0.2, 0.25) is 0 Å². The Morgan fingerprint density at radius 1 is 1.12 bits per heavy atom. The predicted octanol–water partition coefficient (Wildman–Crippen LogP) is 2.70. The zero-order valence-corrected chi connectivity index (χ0v) is 13.5. The SMILES string of the molecule is COc1cccc2[nH]c(C(=O)OC(=O)C3NCc4ccccc43)cc12. The molecule has 6 nitrogen and oxygen atoms in total. The van der Waals surface area contributed by atoms with E-state index in [9.17, 15) is 9.59 Å². The van der Waals surface area contributed by atoms with Crippen LogP contribution in [0.2, 0.25) is 0 Å². The molecule has 6 heteroatoms. The first-order valence-electron chi connectivity index (χ1n) is 7.90. The maximum atomic E-state index is 12.4. The highest BCUT2D eigenvalue weighted by atomic mass is 16.6. The Balaban J connectivity index is 1.55. The molecule has 0 aliphatic carbocycles. The fourth-order valence-corrected chi connectivity index (χ4v) is 3.13. The second-order valence-corrected chi connectivity index (χ2v) is 5.83. The third kappa shape index (κ3) is 2.66. The van der Waals surface area contributed by atoms with Crippen LogP contribution in [-0.4, -0.2) is 24.0 Å². The third-order valence-electron chi connectivity index (χ3n) is 4.36. The van der Waals surface area contributed by atoms with Crippen LogP contribution in [0, 0.1) is 0 Å². The van der Waals surface area contributed by atoms with Gasteiger partial charge in [0, 0.05) is 17.4 Å². The Kier molecular flexibility index (Phi) is 3.74. The molecule has 0 radical (unpaired) electrons. The van der Waals surface area contributed by atoms with Gasteiger partial charge in [-0.25, -0.2) is 9.59 Å². The summed E-state index contributed by atoms with van der Waals surface area (Å²) in [6.07, 6.45) is 0. The van der Waals surface area contributed by atoms with Crippen LogP contribution < -0.4 is 10.1 Å². The Morgan fingerprint density at radius 2 is 1.96 bits per heavy atom. The molecule has 4 rings (SSSR count). The molecule has 3 aromatic rings. The minimum absolute atomic E-state index is 0.208. The van der Waals surface area contributed by atoms with Crippen LogP contribution >= 0.6 is 0 Å². The van der Waals surface area contributed by atoms with Crippen molar-refractivity contribution in [1.82, 2.24) is 10.3 Å². The van der Waals surface area contributed by atoms with Gasteiger partial charge in [-0.3, -0.25) is 5.32 Å². The number of H-pyrrole nitrogens is 1. The molecule has 1 aromatic heterocycles. The smallest absolute Gasteiger partial charge is 0.362 e. The number of aromatic amines is 1. The largest absolute Gasteiger partial charge is 0.496 e. The number of carbonyl (C=O) groups excluding carboxylic acids is 2. The van der Waals surface area contributed by atoms with Gasteiger partial charge in [-0.2, -0.15) is 0 Å². The fraction of sp³-hybridized carbons (Fsp3) is 0.158. The lowest BCUT2D eigenvalue weighted by Gasteiger charge is -2.10. The number of esters is 2. The molecule has 1 aliphatic rings. The lowest BCUT2D eigenvalue weighted by atomic mass is 10.1. The normalized spacial score (nSPS) is 15.8. The van der Waals surface area contributed by atoms with E-state index in [4.69, 9.17) is 9.47 Å². The summed E-state index contributed by atoms with van der Waals surface area (Å²) in [6, 6.07) is 14.0. The maximum absolute atomic E-state index is 12.4. The Hall–Kier alpha value is -3.12. The van der Waals surface area contributed by atoms with Crippen LogP contribution in [-0.2, 0) is 16.1 Å². The van der Waals surface area contributed by atoms with Gasteiger partial charge in [0.25, 0.3) is 0 Å². The number of rotatable bonds is 3. The minimum atomic E-state index is -0.713. The average molecular weight is 336 g/mol. The number of methoxy groups -OCH3 is 1. The molecule has 1 unspecified atom stereocenters. The second-order valence-electron chi connectivity index (χ2n) is 5.83. The summed E-state index contributed by atoms with van der Waals surface area (Å²) < 4.78 is 10.3. The van der Waals surface area contributed by atoms with Gasteiger partial charge in [0.1, 0.15) is 17.5 Å². The third-order valence-corrected chi connectivity index (χ3v) is 4.36. The van der Waals surface area contributed by atoms with E-state index in [1.165, 1.54) is 0 Å². The van der Waals surface area contributed by atoms with E-state index in [-0.39, 0.29) is 5.69 Å². The molecule has 126 valence electrons. The van der Waals surface area contributed by atoms with E-state index in [1.807, 2.05) is 36.4 Å². The Labute approximate surface area is 143 Å². The van der Waals surface area contributed by atoms with E-state index in [1.54, 1.807) is 19.2 Å². The van der Waals surface area contributed by atoms with E-state index in [2.05, 4.69) is 10.3 Å². The number of carbonyl (C=O) groups is 2. The number of ether oxygens (including phenoxy) is 2. The number of hydrogen-bond donors (Lipinski definition) is 2. The predicted molar refractivity (Wildman–Crippen MR) is 91.3 cm³/mol. The van der Waals surface area contributed by atoms with Crippen LogP contribution in [0.5, 0.6) is 5.75 Å². The van der Waals surface area contributed by atoms with Gasteiger partial charge in [-0.15, -0.1) is 0 Å². The van der Waals surface area contributed by atoms with Crippen molar-refractivity contribution >= 4 is 22.8 Å². The first-order chi connectivity index (χ1) is 12.2. The molecule has 0 saturated carbocycles. The molecule has 0 amide bonds. The van der Waals surface area contributed by atoms with Gasteiger partial charge in [0.05, 0.1) is 7.11 Å². The summed E-state index contributed by atoms with van der Waals surface area (Å²) in [7, 11) is 1.56. The quantitative estimate of drug-likeness (QED) is 0.568. The van der Waals surface area contributed by atoms with Crippen LogP contribution in [0.4, 0.5) is 0 Å².